The molecule has 2 amide bonds. The van der Waals surface area contributed by atoms with Crippen molar-refractivity contribution in [3.8, 4) is 5.75 Å². The fourth-order valence-corrected chi connectivity index (χ4v) is 4.60. The normalized spacial score (nSPS) is 14.5. The molecule has 2 aromatic rings. The van der Waals surface area contributed by atoms with E-state index in [2.05, 4.69) is 10.0 Å². The van der Waals surface area contributed by atoms with E-state index in [4.69, 9.17) is 4.74 Å². The average Bonchev–Trinajstić information content (AvgIpc) is 3.04. The van der Waals surface area contributed by atoms with E-state index in [1.54, 1.807) is 48.5 Å². The molecule has 2 aromatic carbocycles. The van der Waals surface area contributed by atoms with E-state index < -0.39 is 21.7 Å². The Balaban J connectivity index is 1.53. The number of benzene rings is 2. The zero-order valence-electron chi connectivity index (χ0n) is 19.0. The van der Waals surface area contributed by atoms with Gasteiger partial charge in [0.2, 0.25) is 15.9 Å². The summed E-state index contributed by atoms with van der Waals surface area (Å²) in [5.74, 6) is -0.796. The first-order valence-electron chi connectivity index (χ1n) is 11.2. The van der Waals surface area contributed by atoms with Gasteiger partial charge in [-0.05, 0) is 75.2 Å². The summed E-state index contributed by atoms with van der Waals surface area (Å²) in [4.78, 5) is 26.8. The number of hydrogen-bond donors (Lipinski definition) is 2. The van der Waals surface area contributed by atoms with Crippen LogP contribution < -0.4 is 14.8 Å². The van der Waals surface area contributed by atoms with Crippen molar-refractivity contribution in [2.24, 2.45) is 0 Å². The van der Waals surface area contributed by atoms with Crippen molar-refractivity contribution in [3.05, 3.63) is 54.1 Å². The molecule has 1 aliphatic heterocycles. The molecule has 33 heavy (non-hydrogen) atoms. The average molecular weight is 474 g/mol. The third kappa shape index (κ3) is 7.78. The molecule has 0 bridgehead atoms. The Morgan fingerprint density at radius 1 is 0.909 bits per heavy atom. The minimum Gasteiger partial charge on any atom is -0.491 e. The van der Waals surface area contributed by atoms with Gasteiger partial charge in [-0.1, -0.05) is 12.8 Å². The monoisotopic (exact) mass is 473 g/mol. The number of amides is 2. The van der Waals surface area contributed by atoms with E-state index in [9.17, 15) is 18.0 Å². The highest BCUT2D eigenvalue weighted by Gasteiger charge is 2.19. The first-order chi connectivity index (χ1) is 15.7. The molecular weight excluding hydrogens is 442 g/mol. The molecule has 1 fully saturated rings. The maximum atomic E-state index is 12.7. The third-order valence-corrected chi connectivity index (χ3v) is 6.32. The number of sulfonamides is 1. The topological polar surface area (TPSA) is 105 Å². The standard InChI is InChI=1S/C24H31N3O5S/c1-18(2)32-22-13-11-21(12-14-22)26-33(30,31)17-23(28)25-20-9-7-19(8-10-20)24(29)27-15-5-3-4-6-16-27/h7-14,18,26H,3-6,15-17H2,1-2H3,(H,25,28). The van der Waals surface area contributed by atoms with Crippen LogP contribution in [-0.4, -0.2) is 50.1 Å². The van der Waals surface area contributed by atoms with Crippen LogP contribution in [-0.2, 0) is 14.8 Å². The second kappa shape index (κ2) is 11.2. The van der Waals surface area contributed by atoms with Gasteiger partial charge in [0.1, 0.15) is 11.5 Å². The van der Waals surface area contributed by atoms with Crippen LogP contribution >= 0.6 is 0 Å². The summed E-state index contributed by atoms with van der Waals surface area (Å²) in [5, 5.41) is 2.57. The molecule has 178 valence electrons. The first-order valence-corrected chi connectivity index (χ1v) is 12.8. The Morgan fingerprint density at radius 2 is 1.48 bits per heavy atom. The van der Waals surface area contributed by atoms with Gasteiger partial charge in [-0.25, -0.2) is 8.42 Å². The van der Waals surface area contributed by atoms with Crippen LogP contribution in [0.4, 0.5) is 11.4 Å². The molecule has 3 rings (SSSR count). The number of carbonyl (C=O) groups excluding carboxylic acids is 2. The van der Waals surface area contributed by atoms with Gasteiger partial charge < -0.3 is 15.0 Å². The van der Waals surface area contributed by atoms with Gasteiger partial charge in [-0.2, -0.15) is 0 Å². The van der Waals surface area contributed by atoms with Gasteiger partial charge >= 0.3 is 0 Å². The smallest absolute Gasteiger partial charge is 0.253 e. The number of hydrogen-bond acceptors (Lipinski definition) is 5. The van der Waals surface area contributed by atoms with Gasteiger partial charge in [-0.3, -0.25) is 14.3 Å². The minimum absolute atomic E-state index is 0.0118. The highest BCUT2D eigenvalue weighted by atomic mass is 32.2. The zero-order valence-corrected chi connectivity index (χ0v) is 19.9. The van der Waals surface area contributed by atoms with Gasteiger partial charge in [0.15, 0.2) is 0 Å². The van der Waals surface area contributed by atoms with Crippen molar-refractivity contribution in [2.75, 3.05) is 28.9 Å². The number of nitrogens with zero attached hydrogens (tertiary/aromatic N) is 1. The van der Waals surface area contributed by atoms with Crippen molar-refractivity contribution in [2.45, 2.75) is 45.6 Å². The van der Waals surface area contributed by atoms with E-state index in [0.29, 0.717) is 22.7 Å². The number of likely N-dealkylation sites (tertiary alicyclic amines) is 1. The summed E-state index contributed by atoms with van der Waals surface area (Å²) in [6.07, 6.45) is 4.32. The highest BCUT2D eigenvalue weighted by molar-refractivity contribution is 7.93. The van der Waals surface area contributed by atoms with Crippen molar-refractivity contribution in [1.82, 2.24) is 4.90 Å². The Hall–Kier alpha value is -3.07. The minimum atomic E-state index is -3.89. The summed E-state index contributed by atoms with van der Waals surface area (Å²) in [7, 11) is -3.89. The molecule has 0 unspecified atom stereocenters. The second-order valence-corrected chi connectivity index (χ2v) is 10.1. The molecule has 0 saturated carbocycles. The van der Waals surface area contributed by atoms with Crippen LogP contribution in [0.25, 0.3) is 0 Å². The lowest BCUT2D eigenvalue weighted by atomic mass is 10.1. The molecule has 0 aromatic heterocycles. The molecule has 0 atom stereocenters. The van der Waals surface area contributed by atoms with E-state index in [1.807, 2.05) is 18.7 Å². The Labute approximate surface area is 195 Å². The van der Waals surface area contributed by atoms with Crippen molar-refractivity contribution in [1.29, 1.82) is 0 Å². The Bertz CT molecular complexity index is 1040. The van der Waals surface area contributed by atoms with E-state index in [0.717, 1.165) is 38.8 Å². The zero-order chi connectivity index (χ0) is 23.8. The predicted octanol–water partition coefficient (Wildman–Crippen LogP) is 3.87. The predicted molar refractivity (Wildman–Crippen MR) is 129 cm³/mol. The van der Waals surface area contributed by atoms with Crippen LogP contribution in [0.5, 0.6) is 5.75 Å². The molecule has 9 heteroatoms. The van der Waals surface area contributed by atoms with Crippen molar-refractivity contribution in [3.63, 3.8) is 0 Å². The van der Waals surface area contributed by atoms with Gasteiger partial charge in [0.25, 0.3) is 5.91 Å². The van der Waals surface area contributed by atoms with Crippen molar-refractivity contribution < 1.29 is 22.7 Å². The maximum absolute atomic E-state index is 12.7. The van der Waals surface area contributed by atoms with Crippen molar-refractivity contribution >= 4 is 33.2 Å². The van der Waals surface area contributed by atoms with E-state index >= 15 is 0 Å². The largest absolute Gasteiger partial charge is 0.491 e. The van der Waals surface area contributed by atoms with Gasteiger partial charge in [0, 0.05) is 30.0 Å². The second-order valence-electron chi connectivity index (χ2n) is 8.38. The summed E-state index contributed by atoms with van der Waals surface area (Å²) in [6, 6.07) is 13.0. The summed E-state index contributed by atoms with van der Waals surface area (Å²) in [5.41, 5.74) is 1.32. The lowest BCUT2D eigenvalue weighted by molar-refractivity contribution is -0.113. The number of anilines is 2. The molecule has 0 spiro atoms. The summed E-state index contributed by atoms with van der Waals surface area (Å²) in [6.45, 7) is 5.32. The maximum Gasteiger partial charge on any atom is 0.253 e. The fourth-order valence-electron chi connectivity index (χ4n) is 3.61. The van der Waals surface area contributed by atoms with Crippen LogP contribution in [0, 0.1) is 0 Å². The number of rotatable bonds is 8. The lowest BCUT2D eigenvalue weighted by Gasteiger charge is -2.20. The first kappa shape index (κ1) is 24.6. The van der Waals surface area contributed by atoms with Crippen LogP contribution in [0.2, 0.25) is 0 Å². The highest BCUT2D eigenvalue weighted by Crippen LogP contribution is 2.19. The van der Waals surface area contributed by atoms with Gasteiger partial charge in [-0.15, -0.1) is 0 Å². The molecule has 1 saturated heterocycles. The quantitative estimate of drug-likeness (QED) is 0.606. The molecule has 1 heterocycles. The summed E-state index contributed by atoms with van der Waals surface area (Å²) < 4.78 is 32.6. The van der Waals surface area contributed by atoms with Crippen LogP contribution in [0.15, 0.2) is 48.5 Å². The molecule has 0 aliphatic carbocycles. The number of nitrogens with one attached hydrogen (secondary N) is 2. The third-order valence-electron chi connectivity index (χ3n) is 5.13. The fraction of sp³-hybridized carbons (Fsp3) is 0.417. The molecule has 2 N–H and O–H groups in total. The van der Waals surface area contributed by atoms with Gasteiger partial charge in [0.05, 0.1) is 6.10 Å². The molecule has 8 nitrogen and oxygen atoms in total. The molecule has 0 radical (unpaired) electrons. The summed E-state index contributed by atoms with van der Waals surface area (Å²) >= 11 is 0. The molecule has 1 aliphatic rings. The Morgan fingerprint density at radius 3 is 2.06 bits per heavy atom. The number of ether oxygens (including phenoxy) is 1. The van der Waals surface area contributed by atoms with E-state index in [1.165, 1.54) is 0 Å². The number of carbonyl (C=O) groups is 2. The molecular formula is C24H31N3O5S. The van der Waals surface area contributed by atoms with Crippen LogP contribution in [0.3, 0.4) is 0 Å². The van der Waals surface area contributed by atoms with Crippen LogP contribution in [0.1, 0.15) is 49.9 Å². The SMILES string of the molecule is CC(C)Oc1ccc(NS(=O)(=O)CC(=O)Nc2ccc(C(=O)N3CCCCCC3)cc2)cc1. The Kier molecular flexibility index (Phi) is 8.32. The van der Waals surface area contributed by atoms with E-state index in [-0.39, 0.29) is 12.0 Å². The lowest BCUT2D eigenvalue weighted by Crippen LogP contribution is -2.31.